The summed E-state index contributed by atoms with van der Waals surface area (Å²) >= 11 is 3.47. The molecule has 3 nitrogen and oxygen atoms in total. The molecule has 1 atom stereocenters. The first-order chi connectivity index (χ1) is 10.1. The SMILES string of the molecule is C[C@@H](N)c1ccc(Oc2ccc3cc(Br)ccc3c2)nc1. The Hall–Kier alpha value is -1.91. The van der Waals surface area contributed by atoms with E-state index in [0.29, 0.717) is 5.88 Å². The monoisotopic (exact) mass is 342 g/mol. The number of nitrogens with zero attached hydrogens (tertiary/aromatic N) is 1. The van der Waals surface area contributed by atoms with Crippen molar-refractivity contribution in [3.05, 3.63) is 64.8 Å². The lowest BCUT2D eigenvalue weighted by atomic mass is 10.1. The lowest BCUT2D eigenvalue weighted by Gasteiger charge is -2.08. The molecule has 0 radical (unpaired) electrons. The van der Waals surface area contributed by atoms with E-state index in [-0.39, 0.29) is 6.04 Å². The molecule has 0 spiro atoms. The van der Waals surface area contributed by atoms with Gasteiger partial charge < -0.3 is 10.5 Å². The molecule has 0 unspecified atom stereocenters. The van der Waals surface area contributed by atoms with Crippen LogP contribution in [0.25, 0.3) is 10.8 Å². The van der Waals surface area contributed by atoms with E-state index >= 15 is 0 Å². The third-order valence-corrected chi connectivity index (χ3v) is 3.77. The number of rotatable bonds is 3. The lowest BCUT2D eigenvalue weighted by Crippen LogP contribution is -2.05. The number of hydrogen-bond donors (Lipinski definition) is 1. The summed E-state index contributed by atoms with van der Waals surface area (Å²) in [6, 6.07) is 15.9. The van der Waals surface area contributed by atoms with E-state index in [1.54, 1.807) is 6.20 Å². The number of benzene rings is 2. The van der Waals surface area contributed by atoms with Crippen LogP contribution in [-0.4, -0.2) is 4.98 Å². The Labute approximate surface area is 131 Å². The number of hydrogen-bond acceptors (Lipinski definition) is 3. The van der Waals surface area contributed by atoms with Gasteiger partial charge >= 0.3 is 0 Å². The zero-order valence-corrected chi connectivity index (χ0v) is 13.2. The fourth-order valence-electron chi connectivity index (χ4n) is 2.10. The molecule has 0 saturated carbocycles. The first kappa shape index (κ1) is 14.0. The smallest absolute Gasteiger partial charge is 0.219 e. The molecule has 1 aromatic heterocycles. The molecular weight excluding hydrogens is 328 g/mol. The van der Waals surface area contributed by atoms with Crippen molar-refractivity contribution in [3.63, 3.8) is 0 Å². The fourth-order valence-corrected chi connectivity index (χ4v) is 2.48. The van der Waals surface area contributed by atoms with Crippen molar-refractivity contribution in [1.82, 2.24) is 4.98 Å². The highest BCUT2D eigenvalue weighted by atomic mass is 79.9. The number of halogens is 1. The van der Waals surface area contributed by atoms with Gasteiger partial charge in [0.1, 0.15) is 5.75 Å². The maximum atomic E-state index is 5.81. The Balaban J connectivity index is 1.85. The second kappa shape index (κ2) is 5.84. The second-order valence-electron chi connectivity index (χ2n) is 4.97. The molecule has 0 saturated heterocycles. The van der Waals surface area contributed by atoms with Crippen molar-refractivity contribution in [1.29, 1.82) is 0 Å². The summed E-state index contributed by atoms with van der Waals surface area (Å²) in [7, 11) is 0. The van der Waals surface area contributed by atoms with Gasteiger partial charge in [-0.1, -0.05) is 34.1 Å². The minimum atomic E-state index is -0.0225. The van der Waals surface area contributed by atoms with E-state index in [1.165, 1.54) is 0 Å². The third-order valence-electron chi connectivity index (χ3n) is 3.28. The molecule has 0 fully saturated rings. The van der Waals surface area contributed by atoms with Gasteiger partial charge in [0.15, 0.2) is 0 Å². The largest absolute Gasteiger partial charge is 0.439 e. The molecule has 0 bridgehead atoms. The summed E-state index contributed by atoms with van der Waals surface area (Å²) < 4.78 is 6.85. The highest BCUT2D eigenvalue weighted by Crippen LogP contribution is 2.27. The molecule has 4 heteroatoms. The molecule has 1 heterocycles. The molecule has 0 aliphatic heterocycles. The highest BCUT2D eigenvalue weighted by molar-refractivity contribution is 9.10. The van der Waals surface area contributed by atoms with E-state index in [4.69, 9.17) is 10.5 Å². The minimum Gasteiger partial charge on any atom is -0.439 e. The van der Waals surface area contributed by atoms with Gasteiger partial charge in [0.25, 0.3) is 0 Å². The standard InChI is InChI=1S/C17H15BrN2O/c1-11(19)14-4-7-17(20-10-14)21-16-6-3-12-8-15(18)5-2-13(12)9-16/h2-11H,19H2,1H3/t11-/m1/s1. The van der Waals surface area contributed by atoms with Gasteiger partial charge in [0.2, 0.25) is 5.88 Å². The molecule has 3 aromatic rings. The molecular formula is C17H15BrN2O. The summed E-state index contributed by atoms with van der Waals surface area (Å²) in [5, 5.41) is 2.29. The normalized spacial score (nSPS) is 12.3. The molecule has 0 aliphatic rings. The summed E-state index contributed by atoms with van der Waals surface area (Å²) in [6.07, 6.45) is 1.75. The Morgan fingerprint density at radius 3 is 2.52 bits per heavy atom. The molecule has 0 amide bonds. The number of ether oxygens (including phenoxy) is 1. The Morgan fingerprint density at radius 1 is 1.05 bits per heavy atom. The van der Waals surface area contributed by atoms with Crippen LogP contribution in [-0.2, 0) is 0 Å². The molecule has 0 aliphatic carbocycles. The zero-order chi connectivity index (χ0) is 14.8. The molecule has 2 aromatic carbocycles. The van der Waals surface area contributed by atoms with E-state index in [9.17, 15) is 0 Å². The molecule has 2 N–H and O–H groups in total. The lowest BCUT2D eigenvalue weighted by molar-refractivity contribution is 0.463. The Bertz CT molecular complexity index is 769. The van der Waals surface area contributed by atoms with Gasteiger partial charge in [-0.2, -0.15) is 0 Å². The first-order valence-corrected chi connectivity index (χ1v) is 7.50. The average Bonchev–Trinajstić information content (AvgIpc) is 2.48. The van der Waals surface area contributed by atoms with Gasteiger partial charge in [-0.15, -0.1) is 0 Å². The maximum absolute atomic E-state index is 5.81. The van der Waals surface area contributed by atoms with Gasteiger partial charge in [-0.25, -0.2) is 4.98 Å². The number of pyridine rings is 1. The summed E-state index contributed by atoms with van der Waals surface area (Å²) in [5.74, 6) is 1.33. The maximum Gasteiger partial charge on any atom is 0.219 e. The topological polar surface area (TPSA) is 48.1 Å². The van der Waals surface area contributed by atoms with E-state index in [0.717, 1.165) is 26.6 Å². The van der Waals surface area contributed by atoms with Crippen molar-refractivity contribution < 1.29 is 4.74 Å². The Kier molecular flexibility index (Phi) is 3.90. The highest BCUT2D eigenvalue weighted by Gasteiger charge is 2.03. The van der Waals surface area contributed by atoms with E-state index in [2.05, 4.69) is 33.0 Å². The van der Waals surface area contributed by atoms with Gasteiger partial charge in [-0.05, 0) is 47.5 Å². The van der Waals surface area contributed by atoms with E-state index < -0.39 is 0 Å². The molecule has 21 heavy (non-hydrogen) atoms. The zero-order valence-electron chi connectivity index (χ0n) is 11.6. The predicted molar refractivity (Wildman–Crippen MR) is 88.6 cm³/mol. The average molecular weight is 343 g/mol. The van der Waals surface area contributed by atoms with Gasteiger partial charge in [0, 0.05) is 22.8 Å². The number of fused-ring (bicyclic) bond motifs is 1. The second-order valence-corrected chi connectivity index (χ2v) is 5.89. The number of nitrogens with two attached hydrogens (primary N) is 1. The van der Waals surface area contributed by atoms with Crippen LogP contribution in [0.3, 0.4) is 0 Å². The fraction of sp³-hybridized carbons (Fsp3) is 0.118. The van der Waals surface area contributed by atoms with E-state index in [1.807, 2.05) is 43.3 Å². The van der Waals surface area contributed by atoms with Crippen LogP contribution in [0.2, 0.25) is 0 Å². The van der Waals surface area contributed by atoms with Crippen LogP contribution in [0.5, 0.6) is 11.6 Å². The minimum absolute atomic E-state index is 0.0225. The van der Waals surface area contributed by atoms with Crippen molar-refractivity contribution >= 4 is 26.7 Å². The van der Waals surface area contributed by atoms with Crippen LogP contribution in [0.1, 0.15) is 18.5 Å². The van der Waals surface area contributed by atoms with Crippen LogP contribution in [0.15, 0.2) is 59.2 Å². The van der Waals surface area contributed by atoms with Gasteiger partial charge in [-0.3, -0.25) is 0 Å². The van der Waals surface area contributed by atoms with Crippen molar-refractivity contribution in [3.8, 4) is 11.6 Å². The van der Waals surface area contributed by atoms with Crippen molar-refractivity contribution in [2.24, 2.45) is 5.73 Å². The first-order valence-electron chi connectivity index (χ1n) is 6.70. The van der Waals surface area contributed by atoms with Crippen LogP contribution >= 0.6 is 15.9 Å². The van der Waals surface area contributed by atoms with Gasteiger partial charge in [0.05, 0.1) is 0 Å². The summed E-state index contributed by atoms with van der Waals surface area (Å²) in [4.78, 5) is 4.28. The molecule has 106 valence electrons. The molecule has 3 rings (SSSR count). The summed E-state index contributed by atoms with van der Waals surface area (Å²) in [5.41, 5.74) is 6.80. The van der Waals surface area contributed by atoms with Crippen molar-refractivity contribution in [2.75, 3.05) is 0 Å². The Morgan fingerprint density at radius 2 is 1.81 bits per heavy atom. The quantitative estimate of drug-likeness (QED) is 0.742. The third kappa shape index (κ3) is 3.23. The summed E-state index contributed by atoms with van der Waals surface area (Å²) in [6.45, 7) is 1.93. The van der Waals surface area contributed by atoms with Crippen LogP contribution in [0, 0.1) is 0 Å². The van der Waals surface area contributed by atoms with Crippen LogP contribution in [0.4, 0.5) is 0 Å². The predicted octanol–water partition coefficient (Wildman–Crippen LogP) is 4.81. The number of aromatic nitrogens is 1. The van der Waals surface area contributed by atoms with Crippen LogP contribution < -0.4 is 10.5 Å². The van der Waals surface area contributed by atoms with Crippen molar-refractivity contribution in [2.45, 2.75) is 13.0 Å².